The summed E-state index contributed by atoms with van der Waals surface area (Å²) in [6.45, 7) is 0.00198. The molecular formula is C11H14ClN3O3. The molecule has 1 aromatic rings. The number of aliphatic hydroxyl groups excluding tert-OH is 1. The van der Waals surface area contributed by atoms with Gasteiger partial charge in [0.25, 0.3) is 5.69 Å². The summed E-state index contributed by atoms with van der Waals surface area (Å²) in [6.07, 6.45) is 4.93. The first-order valence-corrected chi connectivity index (χ1v) is 6.13. The first-order chi connectivity index (χ1) is 8.56. The average molecular weight is 272 g/mol. The topological polar surface area (TPSA) is 88.3 Å². The van der Waals surface area contributed by atoms with Crippen LogP contribution in [0.25, 0.3) is 0 Å². The van der Waals surface area contributed by atoms with E-state index in [-0.39, 0.29) is 17.3 Å². The smallest absolute Gasteiger partial charge is 0.289 e. The summed E-state index contributed by atoms with van der Waals surface area (Å²) < 4.78 is 0. The Bertz CT molecular complexity index is 461. The van der Waals surface area contributed by atoms with Gasteiger partial charge in [-0.2, -0.15) is 0 Å². The maximum absolute atomic E-state index is 10.6. The standard InChI is InChI=1S/C11H14ClN3O3/c12-9-5-8(15(17)18)6-13-10(9)14-11(7-16)3-1-2-4-11/h5-6,16H,1-4,7H2,(H,13,14). The first-order valence-electron chi connectivity index (χ1n) is 5.75. The molecule has 1 fully saturated rings. The number of anilines is 1. The van der Waals surface area contributed by atoms with Gasteiger partial charge in [0.05, 0.1) is 22.1 Å². The second kappa shape index (κ2) is 5.07. The molecule has 0 aliphatic heterocycles. The molecule has 1 aliphatic rings. The molecule has 0 aromatic carbocycles. The van der Waals surface area contributed by atoms with Crippen LogP contribution in [-0.2, 0) is 0 Å². The van der Waals surface area contributed by atoms with Crippen LogP contribution >= 0.6 is 11.6 Å². The highest BCUT2D eigenvalue weighted by Gasteiger charge is 2.34. The molecular weight excluding hydrogens is 258 g/mol. The van der Waals surface area contributed by atoms with Crippen LogP contribution in [0.15, 0.2) is 12.3 Å². The molecule has 0 spiro atoms. The first kappa shape index (κ1) is 13.0. The Morgan fingerprint density at radius 2 is 2.22 bits per heavy atom. The predicted molar refractivity (Wildman–Crippen MR) is 67.8 cm³/mol. The lowest BCUT2D eigenvalue weighted by Gasteiger charge is -2.28. The molecule has 6 nitrogen and oxygen atoms in total. The van der Waals surface area contributed by atoms with Crippen molar-refractivity contribution in [2.45, 2.75) is 31.2 Å². The van der Waals surface area contributed by atoms with E-state index < -0.39 is 10.5 Å². The molecule has 0 atom stereocenters. The van der Waals surface area contributed by atoms with Crippen LogP contribution in [0.3, 0.4) is 0 Å². The number of nitrogens with one attached hydrogen (secondary N) is 1. The minimum absolute atomic E-state index is 0.00198. The Labute approximate surface area is 109 Å². The van der Waals surface area contributed by atoms with Crippen LogP contribution in [0, 0.1) is 10.1 Å². The molecule has 1 aromatic heterocycles. The molecule has 98 valence electrons. The lowest BCUT2D eigenvalue weighted by molar-refractivity contribution is -0.385. The van der Waals surface area contributed by atoms with Crippen LogP contribution < -0.4 is 5.32 Å². The zero-order valence-electron chi connectivity index (χ0n) is 9.73. The van der Waals surface area contributed by atoms with E-state index in [0.29, 0.717) is 5.82 Å². The highest BCUT2D eigenvalue weighted by molar-refractivity contribution is 6.33. The summed E-state index contributed by atoms with van der Waals surface area (Å²) in [5.41, 5.74) is -0.540. The Hall–Kier alpha value is -1.40. The van der Waals surface area contributed by atoms with Gasteiger partial charge < -0.3 is 10.4 Å². The van der Waals surface area contributed by atoms with Gasteiger partial charge in [-0.05, 0) is 12.8 Å². The Morgan fingerprint density at radius 1 is 1.56 bits per heavy atom. The van der Waals surface area contributed by atoms with Crippen molar-refractivity contribution in [3.8, 4) is 0 Å². The summed E-state index contributed by atoms with van der Waals surface area (Å²) in [6, 6.07) is 1.26. The fourth-order valence-corrected chi connectivity index (χ4v) is 2.45. The van der Waals surface area contributed by atoms with E-state index in [1.807, 2.05) is 0 Å². The molecule has 1 aliphatic carbocycles. The third-order valence-corrected chi connectivity index (χ3v) is 3.57. The van der Waals surface area contributed by atoms with Crippen LogP contribution in [0.4, 0.5) is 11.5 Å². The van der Waals surface area contributed by atoms with Gasteiger partial charge in [-0.3, -0.25) is 10.1 Å². The van der Waals surface area contributed by atoms with Crippen LogP contribution in [0.5, 0.6) is 0 Å². The third kappa shape index (κ3) is 2.54. The molecule has 0 unspecified atom stereocenters. The van der Waals surface area contributed by atoms with Crippen LogP contribution in [-0.4, -0.2) is 27.2 Å². The number of pyridine rings is 1. The van der Waals surface area contributed by atoms with Crippen molar-refractivity contribution >= 4 is 23.1 Å². The van der Waals surface area contributed by atoms with Crippen molar-refractivity contribution in [1.82, 2.24) is 4.98 Å². The Kier molecular flexibility index (Phi) is 3.68. The summed E-state index contributed by atoms with van der Waals surface area (Å²) in [4.78, 5) is 14.0. The largest absolute Gasteiger partial charge is 0.394 e. The number of rotatable bonds is 4. The van der Waals surface area contributed by atoms with Gasteiger partial charge >= 0.3 is 0 Å². The van der Waals surface area contributed by atoms with E-state index >= 15 is 0 Å². The fraction of sp³-hybridized carbons (Fsp3) is 0.545. The molecule has 1 saturated carbocycles. The zero-order chi connectivity index (χ0) is 13.2. The number of hydrogen-bond acceptors (Lipinski definition) is 5. The van der Waals surface area contributed by atoms with Crippen molar-refractivity contribution in [1.29, 1.82) is 0 Å². The fourth-order valence-electron chi connectivity index (χ4n) is 2.25. The van der Waals surface area contributed by atoms with Gasteiger partial charge in [-0.15, -0.1) is 0 Å². The molecule has 1 heterocycles. The molecule has 0 bridgehead atoms. The monoisotopic (exact) mass is 271 g/mol. The summed E-state index contributed by atoms with van der Waals surface area (Å²) in [5.74, 6) is 0.387. The van der Waals surface area contributed by atoms with Crippen molar-refractivity contribution in [2.75, 3.05) is 11.9 Å². The van der Waals surface area contributed by atoms with Gasteiger partial charge in [0.2, 0.25) is 0 Å². The van der Waals surface area contributed by atoms with E-state index in [1.165, 1.54) is 6.07 Å². The summed E-state index contributed by atoms with van der Waals surface area (Å²) in [5, 5.41) is 23.4. The molecule has 0 radical (unpaired) electrons. The molecule has 0 saturated heterocycles. The number of aromatic nitrogens is 1. The van der Waals surface area contributed by atoms with Crippen molar-refractivity contribution in [3.63, 3.8) is 0 Å². The maximum atomic E-state index is 10.6. The number of aliphatic hydroxyl groups is 1. The lowest BCUT2D eigenvalue weighted by atomic mass is 9.99. The van der Waals surface area contributed by atoms with Gasteiger partial charge in [-0.25, -0.2) is 4.98 Å². The highest BCUT2D eigenvalue weighted by Crippen LogP contribution is 2.34. The second-order valence-electron chi connectivity index (χ2n) is 4.55. The third-order valence-electron chi connectivity index (χ3n) is 3.28. The zero-order valence-corrected chi connectivity index (χ0v) is 10.5. The van der Waals surface area contributed by atoms with E-state index in [4.69, 9.17) is 11.6 Å². The van der Waals surface area contributed by atoms with Gasteiger partial charge in [0, 0.05) is 6.07 Å². The molecule has 0 amide bonds. The van der Waals surface area contributed by atoms with E-state index in [0.717, 1.165) is 31.9 Å². The Morgan fingerprint density at radius 3 is 2.72 bits per heavy atom. The van der Waals surface area contributed by atoms with Crippen LogP contribution in [0.1, 0.15) is 25.7 Å². The molecule has 7 heteroatoms. The average Bonchev–Trinajstić information content (AvgIpc) is 2.81. The maximum Gasteiger partial charge on any atom is 0.289 e. The molecule has 18 heavy (non-hydrogen) atoms. The number of hydrogen-bond donors (Lipinski definition) is 2. The van der Waals surface area contributed by atoms with E-state index in [9.17, 15) is 15.2 Å². The summed E-state index contributed by atoms with van der Waals surface area (Å²) >= 11 is 5.96. The van der Waals surface area contributed by atoms with Crippen molar-refractivity contribution < 1.29 is 10.0 Å². The van der Waals surface area contributed by atoms with Gasteiger partial charge in [-0.1, -0.05) is 24.4 Å². The van der Waals surface area contributed by atoms with Crippen LogP contribution in [0.2, 0.25) is 5.02 Å². The minimum atomic E-state index is -0.542. The SMILES string of the molecule is O=[N+]([O-])c1cnc(NC2(CO)CCCC2)c(Cl)c1. The quantitative estimate of drug-likeness (QED) is 0.648. The lowest BCUT2D eigenvalue weighted by Crippen LogP contribution is -2.39. The van der Waals surface area contributed by atoms with Crippen molar-refractivity contribution in [3.05, 3.63) is 27.4 Å². The number of nitrogens with zero attached hydrogens (tertiary/aromatic N) is 2. The normalized spacial score (nSPS) is 17.7. The summed E-state index contributed by atoms with van der Waals surface area (Å²) in [7, 11) is 0. The highest BCUT2D eigenvalue weighted by atomic mass is 35.5. The van der Waals surface area contributed by atoms with E-state index in [1.54, 1.807) is 0 Å². The van der Waals surface area contributed by atoms with Gasteiger partial charge in [0.1, 0.15) is 12.0 Å². The minimum Gasteiger partial charge on any atom is -0.394 e. The Balaban J connectivity index is 2.21. The number of halogens is 1. The molecule has 2 rings (SSSR count). The molecule has 2 N–H and O–H groups in total. The predicted octanol–water partition coefficient (Wildman–Crippen LogP) is 2.36. The second-order valence-corrected chi connectivity index (χ2v) is 4.96. The van der Waals surface area contributed by atoms with Crippen molar-refractivity contribution in [2.24, 2.45) is 0 Å². The van der Waals surface area contributed by atoms with Gasteiger partial charge in [0.15, 0.2) is 0 Å². The number of nitro groups is 1. The van der Waals surface area contributed by atoms with E-state index in [2.05, 4.69) is 10.3 Å².